The largest absolute Gasteiger partial charge is 0.401 e. The van der Waals surface area contributed by atoms with Crippen LogP contribution in [0.5, 0.6) is 0 Å². The lowest BCUT2D eigenvalue weighted by molar-refractivity contribution is -0.158. The molecule has 10 nitrogen and oxygen atoms in total. The van der Waals surface area contributed by atoms with Crippen LogP contribution in [0.3, 0.4) is 0 Å². The quantitative estimate of drug-likeness (QED) is 0.508. The van der Waals surface area contributed by atoms with Crippen molar-refractivity contribution >= 4 is 15.5 Å². The molecule has 3 atom stereocenters. The van der Waals surface area contributed by atoms with Crippen molar-refractivity contribution in [2.75, 3.05) is 17.7 Å². The van der Waals surface area contributed by atoms with E-state index in [1.54, 1.807) is 40.8 Å². The van der Waals surface area contributed by atoms with E-state index < -0.39 is 41.1 Å². The molecule has 2 aromatic heterocycles. The first-order valence-corrected chi connectivity index (χ1v) is 12.5. The normalized spacial score (nSPS) is 20.0. The third-order valence-electron chi connectivity index (χ3n) is 5.76. The molecule has 1 aliphatic heterocycles. The van der Waals surface area contributed by atoms with Crippen molar-refractivity contribution in [1.82, 2.24) is 24.6 Å². The zero-order valence-corrected chi connectivity index (χ0v) is 19.8. The van der Waals surface area contributed by atoms with Gasteiger partial charge in [0.15, 0.2) is 9.84 Å². The maximum Gasteiger partial charge on any atom is 0.401 e. The summed E-state index contributed by atoms with van der Waals surface area (Å²) in [6, 6.07) is 9.12. The Labute approximate surface area is 200 Å². The molecule has 1 aliphatic rings. The Bertz CT molecular complexity index is 1300. The van der Waals surface area contributed by atoms with Crippen molar-refractivity contribution in [2.24, 2.45) is 11.5 Å². The highest BCUT2D eigenvalue weighted by Crippen LogP contribution is 2.38. The van der Waals surface area contributed by atoms with Gasteiger partial charge in [-0.2, -0.15) is 18.3 Å². The third-order valence-corrected chi connectivity index (χ3v) is 6.87. The minimum absolute atomic E-state index is 0.0996. The third kappa shape index (κ3) is 5.29. The Kier molecular flexibility index (Phi) is 6.57. The van der Waals surface area contributed by atoms with Crippen molar-refractivity contribution < 1.29 is 21.6 Å². The smallest absolute Gasteiger partial charge is 0.337 e. The van der Waals surface area contributed by atoms with Gasteiger partial charge in [0.1, 0.15) is 25.1 Å². The fourth-order valence-corrected chi connectivity index (χ4v) is 4.82. The van der Waals surface area contributed by atoms with Crippen LogP contribution < -0.4 is 16.4 Å². The Hall–Kier alpha value is -3.07. The summed E-state index contributed by atoms with van der Waals surface area (Å²) in [5, 5.41) is 4.06. The van der Waals surface area contributed by atoms with Gasteiger partial charge >= 0.3 is 6.18 Å². The number of fused-ring (bicyclic) bond motifs is 1. The molecule has 0 fully saturated rings. The summed E-state index contributed by atoms with van der Waals surface area (Å²) in [5.74, 6) is 0. The van der Waals surface area contributed by atoms with Crippen molar-refractivity contribution in [2.45, 2.75) is 43.0 Å². The van der Waals surface area contributed by atoms with Gasteiger partial charge in [-0.25, -0.2) is 23.3 Å². The molecular weight excluding hydrogens is 485 g/mol. The van der Waals surface area contributed by atoms with Crippen molar-refractivity contribution in [3.63, 3.8) is 0 Å². The molecule has 3 unspecified atom stereocenters. The SMILES string of the molecule is CC(Cn1cncn1)N1c2ccc(-c3cccc(S(C)(=O)=O)c3)nc2C(N)N(CC(F)(F)F)C1N. The fraction of sp³-hybridized carbons (Fsp3) is 0.381. The number of hydrogen-bond donors (Lipinski definition) is 2. The Balaban J connectivity index is 1.79. The zero-order valence-electron chi connectivity index (χ0n) is 19.0. The monoisotopic (exact) mass is 510 g/mol. The first-order valence-electron chi connectivity index (χ1n) is 10.6. The van der Waals surface area contributed by atoms with Crippen molar-refractivity contribution in [3.05, 3.63) is 54.7 Å². The first kappa shape index (κ1) is 25.0. The summed E-state index contributed by atoms with van der Waals surface area (Å²) in [6.07, 6.45) is -3.01. The minimum atomic E-state index is -4.55. The van der Waals surface area contributed by atoms with E-state index in [0.717, 1.165) is 11.2 Å². The van der Waals surface area contributed by atoms with Crippen LogP contribution in [0.1, 0.15) is 18.8 Å². The highest BCUT2D eigenvalue weighted by molar-refractivity contribution is 7.90. The molecule has 14 heteroatoms. The number of hydrogen-bond acceptors (Lipinski definition) is 9. The first-order chi connectivity index (χ1) is 16.3. The maximum atomic E-state index is 13.4. The fourth-order valence-electron chi connectivity index (χ4n) is 4.16. The molecule has 0 aliphatic carbocycles. The molecule has 0 saturated carbocycles. The highest BCUT2D eigenvalue weighted by Gasteiger charge is 2.44. The molecular formula is C21H25F3N8O2S. The average Bonchev–Trinajstić information content (AvgIpc) is 3.28. The van der Waals surface area contributed by atoms with E-state index in [0.29, 0.717) is 23.5 Å². The maximum absolute atomic E-state index is 13.4. The van der Waals surface area contributed by atoms with Crippen molar-refractivity contribution in [3.8, 4) is 11.3 Å². The summed E-state index contributed by atoms with van der Waals surface area (Å²) in [6.45, 7) is 0.772. The van der Waals surface area contributed by atoms with Gasteiger partial charge in [0.25, 0.3) is 0 Å². The molecule has 3 aromatic rings. The number of nitrogens with two attached hydrogens (primary N) is 2. The van der Waals surface area contributed by atoms with Crippen LogP contribution in [0.25, 0.3) is 11.3 Å². The summed E-state index contributed by atoms with van der Waals surface area (Å²) in [4.78, 5) is 11.1. The predicted octanol–water partition coefficient (Wildman–Crippen LogP) is 1.72. The van der Waals surface area contributed by atoms with Crippen LogP contribution in [-0.2, 0) is 16.4 Å². The molecule has 188 valence electrons. The summed E-state index contributed by atoms with van der Waals surface area (Å²) < 4.78 is 65.8. The number of sulfone groups is 1. The molecule has 0 spiro atoms. The van der Waals surface area contributed by atoms with Crippen LogP contribution in [0.15, 0.2) is 53.9 Å². The number of benzene rings is 1. The van der Waals surface area contributed by atoms with Crippen LogP contribution >= 0.6 is 0 Å². The number of aromatic nitrogens is 4. The van der Waals surface area contributed by atoms with E-state index in [2.05, 4.69) is 15.1 Å². The van der Waals surface area contributed by atoms with E-state index in [-0.39, 0.29) is 10.6 Å². The van der Waals surface area contributed by atoms with Gasteiger partial charge < -0.3 is 10.6 Å². The van der Waals surface area contributed by atoms with E-state index in [1.807, 2.05) is 0 Å². The van der Waals surface area contributed by atoms with Gasteiger partial charge in [-0.15, -0.1) is 0 Å². The molecule has 35 heavy (non-hydrogen) atoms. The molecule has 4 rings (SSSR count). The lowest BCUT2D eigenvalue weighted by Crippen LogP contribution is -2.65. The lowest BCUT2D eigenvalue weighted by Gasteiger charge is -2.49. The number of halogens is 3. The number of nitrogens with zero attached hydrogens (tertiary/aromatic N) is 6. The standard InChI is InChI=1S/C21H25F3N8O2S/c1-13(9-30-12-27-11-28-30)32-17-7-6-16(14-4-3-5-15(8-14)35(2,33)34)29-18(17)19(25)31(20(32)26)10-21(22,23)24/h3-8,11-13,19-20H,9-10,25-26H2,1-2H3. The van der Waals surface area contributed by atoms with Crippen LogP contribution in [0.4, 0.5) is 18.9 Å². The topological polar surface area (TPSA) is 136 Å². The molecule has 0 amide bonds. The molecule has 0 bridgehead atoms. The van der Waals surface area contributed by atoms with Crippen LogP contribution in [0.2, 0.25) is 0 Å². The number of pyridine rings is 1. The van der Waals surface area contributed by atoms with Crippen molar-refractivity contribution in [1.29, 1.82) is 0 Å². The van der Waals surface area contributed by atoms with E-state index in [1.165, 1.54) is 24.8 Å². The molecule has 4 N–H and O–H groups in total. The second-order valence-electron chi connectivity index (χ2n) is 8.42. The molecule has 0 saturated heterocycles. The number of rotatable bonds is 6. The van der Waals surface area contributed by atoms with Crippen LogP contribution in [-0.4, -0.2) is 64.4 Å². The Morgan fingerprint density at radius 3 is 2.54 bits per heavy atom. The highest BCUT2D eigenvalue weighted by atomic mass is 32.2. The zero-order chi connectivity index (χ0) is 25.5. The number of alkyl halides is 3. The van der Waals surface area contributed by atoms with E-state index in [9.17, 15) is 21.6 Å². The molecule has 0 radical (unpaired) electrons. The summed E-state index contributed by atoms with van der Waals surface area (Å²) in [5.41, 5.74) is 14.1. The summed E-state index contributed by atoms with van der Waals surface area (Å²) >= 11 is 0. The second kappa shape index (κ2) is 9.18. The second-order valence-corrected chi connectivity index (χ2v) is 10.4. The van der Waals surface area contributed by atoms with Gasteiger partial charge in [-0.3, -0.25) is 10.4 Å². The van der Waals surface area contributed by atoms with Crippen LogP contribution in [0, 0.1) is 0 Å². The van der Waals surface area contributed by atoms with E-state index in [4.69, 9.17) is 11.5 Å². The Morgan fingerprint density at radius 2 is 1.91 bits per heavy atom. The molecule has 1 aromatic carbocycles. The van der Waals surface area contributed by atoms with E-state index >= 15 is 0 Å². The van der Waals surface area contributed by atoms with Gasteiger partial charge in [0, 0.05) is 17.9 Å². The molecule has 3 heterocycles. The van der Waals surface area contributed by atoms with Gasteiger partial charge in [-0.05, 0) is 31.2 Å². The lowest BCUT2D eigenvalue weighted by atomic mass is 10.1. The predicted molar refractivity (Wildman–Crippen MR) is 122 cm³/mol. The summed E-state index contributed by atoms with van der Waals surface area (Å²) in [7, 11) is -3.47. The van der Waals surface area contributed by atoms with Gasteiger partial charge in [0.05, 0.1) is 35.1 Å². The van der Waals surface area contributed by atoms with Gasteiger partial charge in [0.2, 0.25) is 0 Å². The number of anilines is 1. The Morgan fingerprint density at radius 1 is 1.17 bits per heavy atom. The average molecular weight is 511 g/mol. The van der Waals surface area contributed by atoms with Gasteiger partial charge in [-0.1, -0.05) is 12.1 Å². The minimum Gasteiger partial charge on any atom is -0.337 e.